The Morgan fingerprint density at radius 3 is 2.58 bits per heavy atom. The number of aromatic hydroxyl groups is 1. The number of sulfonamides is 1. The van der Waals surface area contributed by atoms with E-state index in [1.165, 1.54) is 16.4 Å². The van der Waals surface area contributed by atoms with E-state index in [0.29, 0.717) is 37.2 Å². The third kappa shape index (κ3) is 3.58. The van der Waals surface area contributed by atoms with Crippen LogP contribution in [0.3, 0.4) is 0 Å². The van der Waals surface area contributed by atoms with Gasteiger partial charge < -0.3 is 14.9 Å². The average molecular weight is 379 g/mol. The van der Waals surface area contributed by atoms with Gasteiger partial charge in [-0.25, -0.2) is 8.42 Å². The number of phenols is 1. The van der Waals surface area contributed by atoms with Gasteiger partial charge in [0.2, 0.25) is 10.0 Å². The summed E-state index contributed by atoms with van der Waals surface area (Å²) >= 11 is 0. The number of carbonyl (C=O) groups is 1. The van der Waals surface area contributed by atoms with Gasteiger partial charge in [-0.2, -0.15) is 4.31 Å². The SMILES string of the molecule is Cc1noc(C)c1S(=O)(=O)N1CCC(NC(=O)c2cccc(O)c2)CC1. The molecule has 0 saturated carbocycles. The van der Waals surface area contributed by atoms with Crippen molar-refractivity contribution in [2.45, 2.75) is 37.6 Å². The highest BCUT2D eigenvalue weighted by molar-refractivity contribution is 7.89. The number of benzene rings is 1. The molecular weight excluding hydrogens is 358 g/mol. The van der Waals surface area contributed by atoms with E-state index in [0.717, 1.165) is 0 Å². The summed E-state index contributed by atoms with van der Waals surface area (Å²) in [4.78, 5) is 12.4. The third-order valence-corrected chi connectivity index (χ3v) is 6.61. The van der Waals surface area contributed by atoms with E-state index in [1.807, 2.05) is 0 Å². The monoisotopic (exact) mass is 379 g/mol. The predicted molar refractivity (Wildman–Crippen MR) is 93.3 cm³/mol. The quantitative estimate of drug-likeness (QED) is 0.834. The second kappa shape index (κ2) is 7.08. The van der Waals surface area contributed by atoms with Gasteiger partial charge in [-0.1, -0.05) is 11.2 Å². The highest BCUT2D eigenvalue weighted by atomic mass is 32.2. The zero-order chi connectivity index (χ0) is 18.9. The largest absolute Gasteiger partial charge is 0.508 e. The number of aromatic nitrogens is 1. The lowest BCUT2D eigenvalue weighted by Crippen LogP contribution is -2.46. The molecule has 0 bridgehead atoms. The maximum Gasteiger partial charge on any atom is 0.251 e. The molecule has 140 valence electrons. The number of phenolic OH excluding ortho intramolecular Hbond substituents is 1. The van der Waals surface area contributed by atoms with Crippen LogP contribution in [0.15, 0.2) is 33.7 Å². The predicted octanol–water partition coefficient (Wildman–Crippen LogP) is 1.58. The fourth-order valence-electron chi connectivity index (χ4n) is 3.13. The van der Waals surface area contributed by atoms with Crippen molar-refractivity contribution < 1.29 is 22.8 Å². The van der Waals surface area contributed by atoms with Gasteiger partial charge in [0.05, 0.1) is 0 Å². The minimum atomic E-state index is -3.66. The van der Waals surface area contributed by atoms with Gasteiger partial charge >= 0.3 is 0 Å². The van der Waals surface area contributed by atoms with E-state index in [2.05, 4.69) is 10.5 Å². The molecule has 9 heteroatoms. The summed E-state index contributed by atoms with van der Waals surface area (Å²) in [6.07, 6.45) is 1.01. The molecule has 0 atom stereocenters. The van der Waals surface area contributed by atoms with Crippen LogP contribution in [-0.2, 0) is 10.0 Å². The standard InChI is InChI=1S/C17H21N3O5S/c1-11-16(12(2)25-19-11)26(23,24)20-8-6-14(7-9-20)18-17(22)13-4-3-5-15(21)10-13/h3-5,10,14,21H,6-9H2,1-2H3,(H,18,22). The second-order valence-electron chi connectivity index (χ2n) is 6.36. The first-order valence-corrected chi connectivity index (χ1v) is 9.76. The van der Waals surface area contributed by atoms with E-state index in [-0.39, 0.29) is 28.4 Å². The topological polar surface area (TPSA) is 113 Å². The van der Waals surface area contributed by atoms with Gasteiger partial charge in [-0.05, 0) is 44.9 Å². The summed E-state index contributed by atoms with van der Waals surface area (Å²) in [7, 11) is -3.66. The van der Waals surface area contributed by atoms with Crippen LogP contribution in [0.1, 0.15) is 34.7 Å². The first-order chi connectivity index (χ1) is 12.3. The van der Waals surface area contributed by atoms with E-state index >= 15 is 0 Å². The van der Waals surface area contributed by atoms with Crippen LogP contribution >= 0.6 is 0 Å². The van der Waals surface area contributed by atoms with Crippen molar-refractivity contribution in [3.63, 3.8) is 0 Å². The molecule has 2 aromatic rings. The van der Waals surface area contributed by atoms with Crippen LogP contribution < -0.4 is 5.32 Å². The lowest BCUT2D eigenvalue weighted by atomic mass is 10.1. The maximum absolute atomic E-state index is 12.8. The molecule has 0 aliphatic carbocycles. The normalized spacial score (nSPS) is 16.5. The first-order valence-electron chi connectivity index (χ1n) is 8.32. The van der Waals surface area contributed by atoms with E-state index in [4.69, 9.17) is 4.52 Å². The van der Waals surface area contributed by atoms with Gasteiger partial charge in [0.15, 0.2) is 5.76 Å². The molecule has 1 aliphatic heterocycles. The van der Waals surface area contributed by atoms with Crippen molar-refractivity contribution in [2.75, 3.05) is 13.1 Å². The third-order valence-electron chi connectivity index (χ3n) is 4.46. The molecule has 3 rings (SSSR count). The maximum atomic E-state index is 12.8. The molecule has 1 aromatic carbocycles. The Labute approximate surface area is 151 Å². The fourth-order valence-corrected chi connectivity index (χ4v) is 4.89. The number of nitrogens with zero attached hydrogens (tertiary/aromatic N) is 2. The molecular formula is C17H21N3O5S. The molecule has 1 aliphatic rings. The lowest BCUT2D eigenvalue weighted by molar-refractivity contribution is 0.0923. The molecule has 0 spiro atoms. The number of hydrogen-bond acceptors (Lipinski definition) is 6. The first kappa shape index (κ1) is 18.4. The van der Waals surface area contributed by atoms with Crippen molar-refractivity contribution in [2.24, 2.45) is 0 Å². The summed E-state index contributed by atoms with van der Waals surface area (Å²) in [6.45, 7) is 3.79. The number of piperidine rings is 1. The van der Waals surface area contributed by atoms with E-state index < -0.39 is 10.0 Å². The summed E-state index contributed by atoms with van der Waals surface area (Å²) in [5.74, 6) is 0.0211. The van der Waals surface area contributed by atoms with E-state index in [1.54, 1.807) is 26.0 Å². The fraction of sp³-hybridized carbons (Fsp3) is 0.412. The van der Waals surface area contributed by atoms with E-state index in [9.17, 15) is 18.3 Å². The highest BCUT2D eigenvalue weighted by Gasteiger charge is 2.34. The van der Waals surface area contributed by atoms with Crippen LogP contribution in [0.2, 0.25) is 0 Å². The Morgan fingerprint density at radius 2 is 2.00 bits per heavy atom. The Hall–Kier alpha value is -2.39. The summed E-state index contributed by atoms with van der Waals surface area (Å²) in [6, 6.07) is 5.98. The van der Waals surface area contributed by atoms with Crippen LogP contribution in [0.25, 0.3) is 0 Å². The minimum Gasteiger partial charge on any atom is -0.508 e. The number of nitrogens with one attached hydrogen (secondary N) is 1. The molecule has 2 heterocycles. The molecule has 2 N–H and O–H groups in total. The van der Waals surface area contributed by atoms with Crippen molar-refractivity contribution >= 4 is 15.9 Å². The zero-order valence-electron chi connectivity index (χ0n) is 14.6. The van der Waals surface area contributed by atoms with Crippen LogP contribution in [-0.4, -0.2) is 48.0 Å². The number of aryl methyl sites for hydroxylation is 2. The Kier molecular flexibility index (Phi) is 5.01. The van der Waals surface area contributed by atoms with Gasteiger partial charge in [-0.15, -0.1) is 0 Å². The minimum absolute atomic E-state index is 0.0259. The van der Waals surface area contributed by atoms with Crippen molar-refractivity contribution in [1.82, 2.24) is 14.8 Å². The molecule has 1 amide bonds. The van der Waals surface area contributed by atoms with Crippen LogP contribution in [0, 0.1) is 13.8 Å². The second-order valence-corrected chi connectivity index (χ2v) is 8.23. The number of rotatable bonds is 4. The molecule has 8 nitrogen and oxygen atoms in total. The van der Waals surface area contributed by atoms with Crippen molar-refractivity contribution in [3.8, 4) is 5.75 Å². The summed E-state index contributed by atoms with van der Waals surface area (Å²) in [5, 5.41) is 16.1. The van der Waals surface area contributed by atoms with Crippen molar-refractivity contribution in [3.05, 3.63) is 41.3 Å². The Balaban J connectivity index is 1.63. The molecule has 0 radical (unpaired) electrons. The zero-order valence-corrected chi connectivity index (χ0v) is 15.4. The number of carbonyl (C=O) groups excluding carboxylic acids is 1. The Morgan fingerprint density at radius 1 is 1.31 bits per heavy atom. The Bertz CT molecular complexity index is 895. The molecule has 1 saturated heterocycles. The summed E-state index contributed by atoms with van der Waals surface area (Å²) in [5.41, 5.74) is 0.720. The van der Waals surface area contributed by atoms with Gasteiger partial charge in [0, 0.05) is 24.7 Å². The van der Waals surface area contributed by atoms with Crippen LogP contribution in [0.5, 0.6) is 5.75 Å². The molecule has 26 heavy (non-hydrogen) atoms. The smallest absolute Gasteiger partial charge is 0.251 e. The van der Waals surface area contributed by atoms with Gasteiger partial charge in [0.25, 0.3) is 5.91 Å². The average Bonchev–Trinajstić information content (AvgIpc) is 2.94. The number of hydrogen-bond donors (Lipinski definition) is 2. The van der Waals surface area contributed by atoms with Crippen molar-refractivity contribution in [1.29, 1.82) is 0 Å². The molecule has 1 fully saturated rings. The number of amides is 1. The molecule has 0 unspecified atom stereocenters. The highest BCUT2D eigenvalue weighted by Crippen LogP contribution is 2.26. The van der Waals surface area contributed by atoms with Crippen LogP contribution in [0.4, 0.5) is 0 Å². The van der Waals surface area contributed by atoms with Gasteiger partial charge in [-0.3, -0.25) is 4.79 Å². The summed E-state index contributed by atoms with van der Waals surface area (Å²) < 4.78 is 31.9. The molecule has 1 aromatic heterocycles. The van der Waals surface area contributed by atoms with Gasteiger partial charge in [0.1, 0.15) is 16.3 Å². The lowest BCUT2D eigenvalue weighted by Gasteiger charge is -2.31.